The highest BCUT2D eigenvalue weighted by Gasteiger charge is 2.18. The van der Waals surface area contributed by atoms with Gasteiger partial charge in [-0.1, -0.05) is 6.07 Å². The van der Waals surface area contributed by atoms with Crippen molar-refractivity contribution in [2.24, 2.45) is 0 Å². The second-order valence-corrected chi connectivity index (χ2v) is 4.92. The minimum atomic E-state index is -0.253. The zero-order chi connectivity index (χ0) is 10.8. The summed E-state index contributed by atoms with van der Waals surface area (Å²) in [5.41, 5.74) is 2.14. The summed E-state index contributed by atoms with van der Waals surface area (Å²) < 4.78 is 4.76. The van der Waals surface area contributed by atoms with Crippen LogP contribution in [-0.4, -0.2) is 13.1 Å². The number of thiophene rings is 2. The van der Waals surface area contributed by atoms with Gasteiger partial charge in [-0.25, -0.2) is 4.79 Å². The monoisotopic (exact) mass is 238 g/mol. The molecule has 0 N–H and O–H groups in total. The molecule has 0 saturated carbocycles. The number of carbonyl (C=O) groups excluding carboxylic acids is 1. The van der Waals surface area contributed by atoms with Gasteiger partial charge in [0.05, 0.1) is 7.11 Å². The Bertz CT molecular complexity index is 469. The average Bonchev–Trinajstić information content (AvgIpc) is 2.85. The van der Waals surface area contributed by atoms with Crippen LogP contribution in [0.3, 0.4) is 0 Å². The molecule has 2 heterocycles. The summed E-state index contributed by atoms with van der Waals surface area (Å²) in [5, 5.41) is 3.99. The highest BCUT2D eigenvalue weighted by Crippen LogP contribution is 2.35. The average molecular weight is 238 g/mol. The fourth-order valence-electron chi connectivity index (χ4n) is 1.41. The first kappa shape index (κ1) is 10.4. The molecule has 0 saturated heterocycles. The zero-order valence-electron chi connectivity index (χ0n) is 8.44. The molecule has 2 aromatic rings. The van der Waals surface area contributed by atoms with E-state index in [0.29, 0.717) is 4.88 Å². The fourth-order valence-corrected chi connectivity index (χ4v) is 3.30. The molecule has 15 heavy (non-hydrogen) atoms. The van der Waals surface area contributed by atoms with Crippen LogP contribution in [-0.2, 0) is 4.74 Å². The predicted octanol–water partition coefficient (Wildman–Crippen LogP) is 3.57. The maximum absolute atomic E-state index is 11.5. The topological polar surface area (TPSA) is 26.3 Å². The smallest absolute Gasteiger partial charge is 0.348 e. The molecule has 2 aromatic heterocycles. The molecule has 0 bridgehead atoms. The Labute approximate surface area is 96.1 Å². The lowest BCUT2D eigenvalue weighted by Gasteiger charge is -2.00. The van der Waals surface area contributed by atoms with Crippen LogP contribution in [0.4, 0.5) is 0 Å². The van der Waals surface area contributed by atoms with Gasteiger partial charge in [0.2, 0.25) is 0 Å². The third-order valence-electron chi connectivity index (χ3n) is 2.11. The molecule has 2 nitrogen and oxygen atoms in total. The second-order valence-electron chi connectivity index (χ2n) is 3.09. The number of esters is 1. The second kappa shape index (κ2) is 4.16. The Morgan fingerprint density at radius 2 is 2.20 bits per heavy atom. The van der Waals surface area contributed by atoms with Gasteiger partial charge in [0.1, 0.15) is 4.88 Å². The normalized spacial score (nSPS) is 10.3. The van der Waals surface area contributed by atoms with Crippen LogP contribution in [0.15, 0.2) is 22.9 Å². The lowest BCUT2D eigenvalue weighted by molar-refractivity contribution is 0.0607. The Morgan fingerprint density at radius 3 is 2.80 bits per heavy atom. The van der Waals surface area contributed by atoms with E-state index in [1.54, 1.807) is 11.3 Å². The summed E-state index contributed by atoms with van der Waals surface area (Å²) in [7, 11) is 1.41. The van der Waals surface area contributed by atoms with Gasteiger partial charge in [-0.15, -0.1) is 22.7 Å². The van der Waals surface area contributed by atoms with Crippen molar-refractivity contribution in [1.82, 2.24) is 0 Å². The number of hydrogen-bond donors (Lipinski definition) is 0. The molecule has 0 atom stereocenters. The Kier molecular flexibility index (Phi) is 2.88. The summed E-state index contributed by atoms with van der Waals surface area (Å²) in [6.07, 6.45) is 0. The first-order valence-electron chi connectivity index (χ1n) is 4.44. The van der Waals surface area contributed by atoms with E-state index in [0.717, 1.165) is 16.0 Å². The van der Waals surface area contributed by atoms with E-state index in [1.807, 2.05) is 29.8 Å². The van der Waals surface area contributed by atoms with Crippen LogP contribution in [0, 0.1) is 6.92 Å². The molecule has 4 heteroatoms. The standard InChI is InChI=1S/C11H10O2S2/c1-7-6-15-10(11(12)13-2)9(7)8-4-3-5-14-8/h3-6H,1-2H3. The molecule has 2 rings (SSSR count). The molecule has 0 radical (unpaired) electrons. The van der Waals surface area contributed by atoms with Crippen LogP contribution in [0.1, 0.15) is 15.2 Å². The molecular weight excluding hydrogens is 228 g/mol. The Hall–Kier alpha value is -1.13. The minimum absolute atomic E-state index is 0.253. The van der Waals surface area contributed by atoms with Crippen LogP contribution in [0.25, 0.3) is 10.4 Å². The van der Waals surface area contributed by atoms with Gasteiger partial charge in [-0.2, -0.15) is 0 Å². The number of rotatable bonds is 2. The first-order chi connectivity index (χ1) is 7.24. The maximum atomic E-state index is 11.5. The molecule has 78 valence electrons. The van der Waals surface area contributed by atoms with E-state index in [4.69, 9.17) is 4.74 Å². The van der Waals surface area contributed by atoms with E-state index in [2.05, 4.69) is 0 Å². The molecule has 0 fully saturated rings. The lowest BCUT2D eigenvalue weighted by Crippen LogP contribution is -1.99. The van der Waals surface area contributed by atoms with E-state index in [-0.39, 0.29) is 5.97 Å². The number of methoxy groups -OCH3 is 1. The highest BCUT2D eigenvalue weighted by molar-refractivity contribution is 7.15. The van der Waals surface area contributed by atoms with Crippen molar-refractivity contribution < 1.29 is 9.53 Å². The maximum Gasteiger partial charge on any atom is 0.348 e. The van der Waals surface area contributed by atoms with E-state index in [1.165, 1.54) is 18.4 Å². The molecule has 0 spiro atoms. The number of ether oxygens (including phenoxy) is 1. The lowest BCUT2D eigenvalue weighted by atomic mass is 10.1. The number of hydrogen-bond acceptors (Lipinski definition) is 4. The largest absolute Gasteiger partial charge is 0.465 e. The van der Waals surface area contributed by atoms with E-state index >= 15 is 0 Å². The molecule has 0 aliphatic carbocycles. The number of aryl methyl sites for hydroxylation is 1. The molecule has 0 amide bonds. The van der Waals surface area contributed by atoms with Gasteiger partial charge in [-0.3, -0.25) is 0 Å². The molecule has 0 aliphatic rings. The highest BCUT2D eigenvalue weighted by atomic mass is 32.1. The van der Waals surface area contributed by atoms with E-state index < -0.39 is 0 Å². The SMILES string of the molecule is COC(=O)c1scc(C)c1-c1cccs1. The predicted molar refractivity (Wildman–Crippen MR) is 63.7 cm³/mol. The van der Waals surface area contributed by atoms with Gasteiger partial charge in [0, 0.05) is 10.4 Å². The van der Waals surface area contributed by atoms with Gasteiger partial charge in [0.25, 0.3) is 0 Å². The summed E-state index contributed by atoms with van der Waals surface area (Å²) >= 11 is 3.07. The summed E-state index contributed by atoms with van der Waals surface area (Å²) in [6.45, 7) is 2.01. The summed E-state index contributed by atoms with van der Waals surface area (Å²) in [4.78, 5) is 13.3. The van der Waals surface area contributed by atoms with Crippen LogP contribution in [0.5, 0.6) is 0 Å². The number of carbonyl (C=O) groups is 1. The van der Waals surface area contributed by atoms with Crippen LogP contribution >= 0.6 is 22.7 Å². The van der Waals surface area contributed by atoms with Gasteiger partial charge < -0.3 is 4.74 Å². The Balaban J connectivity index is 2.55. The van der Waals surface area contributed by atoms with Crippen molar-refractivity contribution in [2.45, 2.75) is 6.92 Å². The van der Waals surface area contributed by atoms with Gasteiger partial charge in [-0.05, 0) is 29.3 Å². The molecule has 0 aromatic carbocycles. The summed E-state index contributed by atoms with van der Waals surface area (Å²) in [5.74, 6) is -0.253. The van der Waals surface area contributed by atoms with Gasteiger partial charge in [0.15, 0.2) is 0 Å². The van der Waals surface area contributed by atoms with Crippen molar-refractivity contribution in [3.05, 3.63) is 33.3 Å². The van der Waals surface area contributed by atoms with Crippen LogP contribution in [0.2, 0.25) is 0 Å². The van der Waals surface area contributed by atoms with Crippen molar-refractivity contribution in [2.75, 3.05) is 7.11 Å². The van der Waals surface area contributed by atoms with Crippen molar-refractivity contribution in [3.8, 4) is 10.4 Å². The Morgan fingerprint density at radius 1 is 1.40 bits per heavy atom. The van der Waals surface area contributed by atoms with Crippen molar-refractivity contribution in [1.29, 1.82) is 0 Å². The van der Waals surface area contributed by atoms with Crippen molar-refractivity contribution >= 4 is 28.6 Å². The quantitative estimate of drug-likeness (QED) is 0.748. The van der Waals surface area contributed by atoms with E-state index in [9.17, 15) is 4.79 Å². The summed E-state index contributed by atoms with van der Waals surface area (Å²) in [6, 6.07) is 4.00. The van der Waals surface area contributed by atoms with Gasteiger partial charge >= 0.3 is 5.97 Å². The fraction of sp³-hybridized carbons (Fsp3) is 0.182. The molecule has 0 unspecified atom stereocenters. The molecular formula is C11H10O2S2. The van der Waals surface area contributed by atoms with Crippen molar-refractivity contribution in [3.63, 3.8) is 0 Å². The first-order valence-corrected chi connectivity index (χ1v) is 6.20. The molecule has 0 aliphatic heterocycles. The van der Waals surface area contributed by atoms with Crippen LogP contribution < -0.4 is 0 Å². The minimum Gasteiger partial charge on any atom is -0.465 e. The third-order valence-corrected chi connectivity index (χ3v) is 4.08. The third kappa shape index (κ3) is 1.82. The zero-order valence-corrected chi connectivity index (χ0v) is 10.1.